The Morgan fingerprint density at radius 3 is 2.40 bits per heavy atom. The summed E-state index contributed by atoms with van der Waals surface area (Å²) in [5.74, 6) is -0.932. The van der Waals surface area contributed by atoms with Crippen molar-refractivity contribution in [1.29, 1.82) is 0 Å². The summed E-state index contributed by atoms with van der Waals surface area (Å²) >= 11 is 7.69. The van der Waals surface area contributed by atoms with Gasteiger partial charge in [0.25, 0.3) is 0 Å². The van der Waals surface area contributed by atoms with Gasteiger partial charge in [0, 0.05) is 28.2 Å². The van der Waals surface area contributed by atoms with E-state index in [0.717, 1.165) is 33.6 Å². The Hall–Kier alpha value is -1.53. The van der Waals surface area contributed by atoms with Crippen LogP contribution in [0, 0.1) is 5.41 Å². The third-order valence-electron chi connectivity index (χ3n) is 5.93. The van der Waals surface area contributed by atoms with E-state index in [2.05, 4.69) is 19.9 Å². The minimum absolute atomic E-state index is 0.00439. The van der Waals surface area contributed by atoms with Gasteiger partial charge < -0.3 is 14.2 Å². The molecule has 4 rings (SSSR count). The zero-order valence-electron chi connectivity index (χ0n) is 17.8. The second kappa shape index (κ2) is 8.19. The molecule has 0 N–H and O–H groups in total. The summed E-state index contributed by atoms with van der Waals surface area (Å²) in [6.45, 7) is 5.61. The summed E-state index contributed by atoms with van der Waals surface area (Å²) in [5, 5.41) is 0.696. The van der Waals surface area contributed by atoms with Crippen molar-refractivity contribution in [2.75, 3.05) is 26.6 Å². The van der Waals surface area contributed by atoms with Crippen LogP contribution in [0.3, 0.4) is 0 Å². The van der Waals surface area contributed by atoms with E-state index in [1.54, 1.807) is 11.8 Å². The highest BCUT2D eigenvalue weighted by Gasteiger charge is 2.44. The smallest absolute Gasteiger partial charge is 0.339 e. The van der Waals surface area contributed by atoms with E-state index >= 15 is 0 Å². The van der Waals surface area contributed by atoms with Crippen LogP contribution in [0.25, 0.3) is 11.1 Å². The summed E-state index contributed by atoms with van der Waals surface area (Å²) in [4.78, 5) is 13.6. The van der Waals surface area contributed by atoms with E-state index in [1.807, 2.05) is 30.5 Å². The van der Waals surface area contributed by atoms with Gasteiger partial charge in [-0.2, -0.15) is 0 Å². The van der Waals surface area contributed by atoms with Crippen LogP contribution in [-0.2, 0) is 27.1 Å². The van der Waals surface area contributed by atoms with Gasteiger partial charge in [0.1, 0.15) is 0 Å². The van der Waals surface area contributed by atoms with Gasteiger partial charge in [-0.05, 0) is 53.1 Å². The molecule has 6 heteroatoms. The van der Waals surface area contributed by atoms with Crippen LogP contribution in [0.5, 0.6) is 0 Å². The van der Waals surface area contributed by atoms with E-state index < -0.39 is 5.79 Å². The molecule has 30 heavy (non-hydrogen) atoms. The molecule has 2 aromatic carbocycles. The minimum Gasteiger partial charge on any atom is -0.465 e. The van der Waals surface area contributed by atoms with Gasteiger partial charge in [-0.1, -0.05) is 37.6 Å². The first-order chi connectivity index (χ1) is 14.3. The molecule has 1 aliphatic heterocycles. The number of halogens is 1. The number of fused-ring (bicyclic) bond motifs is 1. The van der Waals surface area contributed by atoms with Crippen molar-refractivity contribution >= 4 is 29.3 Å². The fourth-order valence-corrected chi connectivity index (χ4v) is 5.03. The maximum Gasteiger partial charge on any atom is 0.339 e. The van der Waals surface area contributed by atoms with Crippen LogP contribution >= 0.6 is 23.4 Å². The van der Waals surface area contributed by atoms with Gasteiger partial charge in [0.05, 0.1) is 25.9 Å². The van der Waals surface area contributed by atoms with Crippen LogP contribution in [0.4, 0.5) is 0 Å². The molecule has 0 aromatic heterocycles. The quantitative estimate of drug-likeness (QED) is 0.442. The van der Waals surface area contributed by atoms with Gasteiger partial charge in [-0.3, -0.25) is 0 Å². The van der Waals surface area contributed by atoms with Crippen molar-refractivity contribution in [2.24, 2.45) is 5.41 Å². The largest absolute Gasteiger partial charge is 0.465 e. The fraction of sp³-hybridized carbons (Fsp3) is 0.458. The molecular weight excluding hydrogens is 420 g/mol. The SMILES string of the molecule is COC(=O)c1c(SC)cc(-c2ccc(Cl)cc2)c2c1CCC1(C2)OCC(C)(C)CO1. The third-order valence-corrected chi connectivity index (χ3v) is 6.95. The monoisotopic (exact) mass is 446 g/mol. The highest BCUT2D eigenvalue weighted by molar-refractivity contribution is 7.98. The Morgan fingerprint density at radius 2 is 1.80 bits per heavy atom. The first kappa shape index (κ1) is 21.7. The third kappa shape index (κ3) is 4.01. The van der Waals surface area contributed by atoms with Crippen LogP contribution in [-0.4, -0.2) is 38.3 Å². The number of esters is 1. The normalized spacial score (nSPS) is 19.4. The second-order valence-electron chi connectivity index (χ2n) is 8.79. The molecule has 4 nitrogen and oxygen atoms in total. The van der Waals surface area contributed by atoms with E-state index in [-0.39, 0.29) is 11.4 Å². The predicted molar refractivity (Wildman–Crippen MR) is 120 cm³/mol. The standard InChI is InChI=1S/C24H27ClO4S/c1-23(2)13-28-24(29-14-23)10-9-17-19(12-24)18(15-5-7-16(25)8-6-15)11-20(30-4)21(17)22(26)27-3/h5-8,11H,9-10,12-14H2,1-4H3. The summed E-state index contributed by atoms with van der Waals surface area (Å²) in [5.41, 5.74) is 4.97. The summed E-state index contributed by atoms with van der Waals surface area (Å²) in [6.07, 6.45) is 4.02. The molecular formula is C24H27ClO4S. The van der Waals surface area contributed by atoms with Crippen molar-refractivity contribution in [1.82, 2.24) is 0 Å². The Kier molecular flexibility index (Phi) is 5.92. The van der Waals surface area contributed by atoms with Crippen LogP contribution in [0.15, 0.2) is 35.2 Å². The van der Waals surface area contributed by atoms with Gasteiger partial charge >= 0.3 is 5.97 Å². The number of hydrogen-bond donors (Lipinski definition) is 0. The molecule has 0 saturated carbocycles. The van der Waals surface area contributed by atoms with Crippen molar-refractivity contribution in [2.45, 2.75) is 43.8 Å². The van der Waals surface area contributed by atoms with Crippen LogP contribution in [0.2, 0.25) is 5.02 Å². The lowest BCUT2D eigenvalue weighted by atomic mass is 9.79. The Bertz CT molecular complexity index is 958. The molecule has 0 amide bonds. The Balaban J connectivity index is 1.86. The molecule has 1 fully saturated rings. The molecule has 2 aliphatic rings. The molecule has 1 aliphatic carbocycles. The van der Waals surface area contributed by atoms with Crippen molar-refractivity contribution in [3.05, 3.63) is 52.0 Å². The molecule has 1 heterocycles. The van der Waals surface area contributed by atoms with E-state index in [9.17, 15) is 4.79 Å². The summed E-state index contributed by atoms with van der Waals surface area (Å²) in [6, 6.07) is 9.92. The molecule has 0 radical (unpaired) electrons. The molecule has 1 saturated heterocycles. The summed E-state index contributed by atoms with van der Waals surface area (Å²) < 4.78 is 17.8. The number of carbonyl (C=O) groups is 1. The van der Waals surface area contributed by atoms with Gasteiger partial charge in [-0.25, -0.2) is 4.79 Å². The predicted octanol–water partition coefficient (Wildman–Crippen LogP) is 5.77. The number of methoxy groups -OCH3 is 1. The van der Waals surface area contributed by atoms with E-state index in [0.29, 0.717) is 36.6 Å². The molecule has 0 atom stereocenters. The number of ether oxygens (including phenoxy) is 3. The summed E-state index contributed by atoms with van der Waals surface area (Å²) in [7, 11) is 1.44. The maximum absolute atomic E-state index is 12.7. The lowest BCUT2D eigenvalue weighted by Crippen LogP contribution is -2.50. The zero-order valence-corrected chi connectivity index (χ0v) is 19.4. The lowest BCUT2D eigenvalue weighted by Gasteiger charge is -2.46. The Labute approximate surface area is 187 Å². The number of benzene rings is 2. The average Bonchev–Trinajstić information content (AvgIpc) is 2.75. The topological polar surface area (TPSA) is 44.8 Å². The fourth-order valence-electron chi connectivity index (χ4n) is 4.26. The molecule has 2 aromatic rings. The highest BCUT2D eigenvalue weighted by atomic mass is 35.5. The second-order valence-corrected chi connectivity index (χ2v) is 10.1. The number of rotatable bonds is 3. The van der Waals surface area contributed by atoms with E-state index in [1.165, 1.54) is 7.11 Å². The van der Waals surface area contributed by atoms with E-state index in [4.69, 9.17) is 25.8 Å². The number of carbonyl (C=O) groups excluding carboxylic acids is 1. The van der Waals surface area contributed by atoms with Crippen LogP contribution in [0.1, 0.15) is 41.8 Å². The number of thioether (sulfide) groups is 1. The van der Waals surface area contributed by atoms with Gasteiger partial charge in [-0.15, -0.1) is 11.8 Å². The molecule has 0 unspecified atom stereocenters. The average molecular weight is 447 g/mol. The molecule has 1 spiro atoms. The van der Waals surface area contributed by atoms with Gasteiger partial charge in [0.2, 0.25) is 0 Å². The van der Waals surface area contributed by atoms with Gasteiger partial charge in [0.15, 0.2) is 5.79 Å². The van der Waals surface area contributed by atoms with Crippen molar-refractivity contribution in [3.63, 3.8) is 0 Å². The number of hydrogen-bond acceptors (Lipinski definition) is 5. The van der Waals surface area contributed by atoms with Crippen LogP contribution < -0.4 is 0 Å². The highest BCUT2D eigenvalue weighted by Crippen LogP contribution is 2.45. The zero-order chi connectivity index (χ0) is 21.5. The first-order valence-corrected chi connectivity index (χ1v) is 11.7. The molecule has 0 bridgehead atoms. The maximum atomic E-state index is 12.7. The molecule has 160 valence electrons. The minimum atomic E-state index is -0.641. The first-order valence-electron chi connectivity index (χ1n) is 10.1. The lowest BCUT2D eigenvalue weighted by molar-refractivity contribution is -0.302. The van der Waals surface area contributed by atoms with Crippen molar-refractivity contribution < 1.29 is 19.0 Å². The Morgan fingerprint density at radius 1 is 1.13 bits per heavy atom. The van der Waals surface area contributed by atoms with Crippen molar-refractivity contribution in [3.8, 4) is 11.1 Å².